The van der Waals surface area contributed by atoms with Crippen LogP contribution in [0.5, 0.6) is 0 Å². The molecule has 0 aliphatic carbocycles. The van der Waals surface area contributed by atoms with Crippen LogP contribution >= 0.6 is 0 Å². The zero-order valence-electron chi connectivity index (χ0n) is 22.8. The number of benzene rings is 6. The molecule has 0 aliphatic rings. The Bertz CT molecular complexity index is 2460. The highest BCUT2D eigenvalue weighted by Gasteiger charge is 2.16. The number of nitrogens with zero attached hydrogens (tertiary/aromatic N) is 3. The van der Waals surface area contributed by atoms with E-state index in [1.54, 1.807) is 0 Å². The normalized spacial score (nSPS) is 11.8. The first kappa shape index (κ1) is 23.1. The van der Waals surface area contributed by atoms with Gasteiger partial charge in [0.2, 0.25) is 0 Å². The van der Waals surface area contributed by atoms with Gasteiger partial charge in [0.25, 0.3) is 0 Å². The van der Waals surface area contributed by atoms with Gasteiger partial charge >= 0.3 is 0 Å². The van der Waals surface area contributed by atoms with Crippen LogP contribution in [0.4, 0.5) is 0 Å². The second-order valence-electron chi connectivity index (χ2n) is 10.9. The van der Waals surface area contributed by atoms with Gasteiger partial charge in [-0.1, -0.05) is 97.1 Å². The lowest BCUT2D eigenvalue weighted by Gasteiger charge is -2.10. The van der Waals surface area contributed by atoms with Crippen molar-refractivity contribution in [3.8, 4) is 22.5 Å². The summed E-state index contributed by atoms with van der Waals surface area (Å²) in [6, 6.07) is 52.2. The van der Waals surface area contributed by atoms with Crippen molar-refractivity contribution in [2.24, 2.45) is 0 Å². The lowest BCUT2D eigenvalue weighted by atomic mass is 10.0. The summed E-state index contributed by atoms with van der Waals surface area (Å²) >= 11 is 0. The third-order valence-electron chi connectivity index (χ3n) is 8.53. The Balaban J connectivity index is 1.28. The van der Waals surface area contributed by atoms with Gasteiger partial charge in [0.15, 0.2) is 0 Å². The Labute approximate surface area is 242 Å². The highest BCUT2D eigenvalue weighted by molar-refractivity contribution is 6.11. The first-order valence-electron chi connectivity index (χ1n) is 14.3. The Kier molecular flexibility index (Phi) is 4.90. The molecule has 3 aromatic heterocycles. The van der Waals surface area contributed by atoms with Gasteiger partial charge in [-0.2, -0.15) is 0 Å². The Morgan fingerprint density at radius 3 is 1.88 bits per heavy atom. The van der Waals surface area contributed by atoms with Gasteiger partial charge in [0.1, 0.15) is 5.65 Å². The van der Waals surface area contributed by atoms with Crippen molar-refractivity contribution >= 4 is 54.5 Å². The number of hydrogen-bond acceptors (Lipinski definition) is 1. The van der Waals surface area contributed by atoms with Crippen LogP contribution in [0, 0.1) is 0 Å². The molecular formula is C39H25N3. The van der Waals surface area contributed by atoms with E-state index in [2.05, 4.69) is 155 Å². The van der Waals surface area contributed by atoms with E-state index in [0.717, 1.165) is 39.1 Å². The molecule has 0 N–H and O–H groups in total. The molecule has 0 fully saturated rings. The number of para-hydroxylation sites is 3. The fourth-order valence-corrected chi connectivity index (χ4v) is 6.58. The molecule has 9 aromatic rings. The predicted octanol–water partition coefficient (Wildman–Crippen LogP) is 10.1. The lowest BCUT2D eigenvalue weighted by Crippen LogP contribution is -1.95. The molecule has 3 nitrogen and oxygen atoms in total. The molecule has 9 rings (SSSR count). The monoisotopic (exact) mass is 535 g/mol. The summed E-state index contributed by atoms with van der Waals surface area (Å²) in [5.41, 5.74) is 9.07. The summed E-state index contributed by atoms with van der Waals surface area (Å²) in [4.78, 5) is 5.06. The minimum atomic E-state index is 0.970. The van der Waals surface area contributed by atoms with Crippen LogP contribution in [0.2, 0.25) is 0 Å². The van der Waals surface area contributed by atoms with Gasteiger partial charge in [0.05, 0.1) is 16.6 Å². The first-order chi connectivity index (χ1) is 20.8. The molecule has 42 heavy (non-hydrogen) atoms. The molecule has 3 heterocycles. The number of rotatable bonds is 3. The maximum Gasteiger partial charge on any atom is 0.145 e. The maximum atomic E-state index is 5.06. The van der Waals surface area contributed by atoms with Crippen LogP contribution in [0.15, 0.2) is 152 Å². The van der Waals surface area contributed by atoms with Crippen LogP contribution in [-0.2, 0) is 0 Å². The minimum Gasteiger partial charge on any atom is -0.309 e. The van der Waals surface area contributed by atoms with Gasteiger partial charge in [-0.3, -0.25) is 4.57 Å². The highest BCUT2D eigenvalue weighted by Crippen LogP contribution is 2.37. The van der Waals surface area contributed by atoms with Gasteiger partial charge in [-0.15, -0.1) is 0 Å². The van der Waals surface area contributed by atoms with Crippen molar-refractivity contribution in [2.45, 2.75) is 0 Å². The molecule has 0 bridgehead atoms. The summed E-state index contributed by atoms with van der Waals surface area (Å²) in [6.45, 7) is 0. The number of fused-ring (bicyclic) bond motifs is 7. The van der Waals surface area contributed by atoms with E-state index in [9.17, 15) is 0 Å². The summed E-state index contributed by atoms with van der Waals surface area (Å²) in [5.74, 6) is 0. The number of pyridine rings is 1. The smallest absolute Gasteiger partial charge is 0.145 e. The molecule has 0 radical (unpaired) electrons. The zero-order chi connectivity index (χ0) is 27.6. The summed E-state index contributed by atoms with van der Waals surface area (Å²) < 4.78 is 4.66. The Morgan fingerprint density at radius 2 is 1.05 bits per heavy atom. The van der Waals surface area contributed by atoms with E-state index in [0.29, 0.717) is 0 Å². The second kappa shape index (κ2) is 8.92. The summed E-state index contributed by atoms with van der Waals surface area (Å²) in [7, 11) is 0. The van der Waals surface area contributed by atoms with E-state index < -0.39 is 0 Å². The lowest BCUT2D eigenvalue weighted by molar-refractivity contribution is 1.14. The quantitative estimate of drug-likeness (QED) is 0.221. The summed E-state index contributed by atoms with van der Waals surface area (Å²) in [5, 5.41) is 7.35. The molecule has 0 saturated carbocycles. The molecule has 0 atom stereocenters. The van der Waals surface area contributed by atoms with Gasteiger partial charge < -0.3 is 4.57 Å². The van der Waals surface area contributed by atoms with Crippen LogP contribution in [-0.4, -0.2) is 14.1 Å². The van der Waals surface area contributed by atoms with E-state index in [1.807, 2.05) is 6.20 Å². The van der Waals surface area contributed by atoms with Gasteiger partial charge in [0, 0.05) is 44.7 Å². The molecule has 0 aliphatic heterocycles. The number of hydrogen-bond donors (Lipinski definition) is 0. The van der Waals surface area contributed by atoms with Crippen molar-refractivity contribution in [1.82, 2.24) is 14.1 Å². The van der Waals surface area contributed by atoms with E-state index in [4.69, 9.17) is 4.98 Å². The predicted molar refractivity (Wildman–Crippen MR) is 176 cm³/mol. The average Bonchev–Trinajstić information content (AvgIpc) is 3.57. The molecule has 196 valence electrons. The average molecular weight is 536 g/mol. The van der Waals surface area contributed by atoms with Crippen molar-refractivity contribution < 1.29 is 0 Å². The SMILES string of the molecule is c1ccc(-n2c3ccccc3c3cc(-c4ccc5c6ccccc6n(-c6ccc7ccccc7c6)c5c4)cnc32)cc1. The largest absolute Gasteiger partial charge is 0.309 e. The van der Waals surface area contributed by atoms with Crippen molar-refractivity contribution in [2.75, 3.05) is 0 Å². The Hall–Kier alpha value is -5.67. The molecule has 0 unspecified atom stereocenters. The van der Waals surface area contributed by atoms with E-state index >= 15 is 0 Å². The van der Waals surface area contributed by atoms with Crippen LogP contribution in [0.1, 0.15) is 0 Å². The van der Waals surface area contributed by atoms with Crippen LogP contribution in [0.25, 0.3) is 77.0 Å². The fraction of sp³-hybridized carbons (Fsp3) is 0. The van der Waals surface area contributed by atoms with E-state index in [-0.39, 0.29) is 0 Å². The molecule has 0 saturated heterocycles. The zero-order valence-corrected chi connectivity index (χ0v) is 22.8. The van der Waals surface area contributed by atoms with Crippen molar-refractivity contribution in [3.05, 3.63) is 152 Å². The maximum absolute atomic E-state index is 5.06. The second-order valence-corrected chi connectivity index (χ2v) is 10.9. The molecule has 0 amide bonds. The molecule has 0 spiro atoms. The standard InChI is InChI=1S/C39H25N3/c1-2-12-30(13-3-1)42-37-17-9-7-15-33(37)35-23-29(25-40-39(35)42)28-19-21-34-32-14-6-8-16-36(32)41(38(34)24-28)31-20-18-26-10-4-5-11-27(26)22-31/h1-25H. The fourth-order valence-electron chi connectivity index (χ4n) is 6.58. The minimum absolute atomic E-state index is 0.970. The number of aromatic nitrogens is 3. The molecular weight excluding hydrogens is 510 g/mol. The van der Waals surface area contributed by atoms with Crippen LogP contribution < -0.4 is 0 Å². The van der Waals surface area contributed by atoms with Crippen LogP contribution in [0.3, 0.4) is 0 Å². The third-order valence-corrected chi connectivity index (χ3v) is 8.53. The molecule has 6 aromatic carbocycles. The van der Waals surface area contributed by atoms with Gasteiger partial charge in [-0.05, 0) is 64.9 Å². The molecule has 3 heteroatoms. The first-order valence-corrected chi connectivity index (χ1v) is 14.3. The topological polar surface area (TPSA) is 22.8 Å². The van der Waals surface area contributed by atoms with E-state index in [1.165, 1.54) is 38.0 Å². The Morgan fingerprint density at radius 1 is 0.381 bits per heavy atom. The highest BCUT2D eigenvalue weighted by atomic mass is 15.0. The third kappa shape index (κ3) is 3.37. The van der Waals surface area contributed by atoms with Crippen molar-refractivity contribution in [1.29, 1.82) is 0 Å². The summed E-state index contributed by atoms with van der Waals surface area (Å²) in [6.07, 6.45) is 2.02. The van der Waals surface area contributed by atoms with Crippen molar-refractivity contribution in [3.63, 3.8) is 0 Å². The van der Waals surface area contributed by atoms with Gasteiger partial charge in [-0.25, -0.2) is 4.98 Å².